The van der Waals surface area contributed by atoms with Crippen LogP contribution in [0.15, 0.2) is 121 Å². The van der Waals surface area contributed by atoms with Crippen LogP contribution in [0.3, 0.4) is 0 Å². The van der Waals surface area contributed by atoms with Crippen LogP contribution in [-0.4, -0.2) is 76.1 Å². The molecule has 0 fully saturated rings. The lowest BCUT2D eigenvalue weighted by Crippen LogP contribution is -2.43. The van der Waals surface area contributed by atoms with Gasteiger partial charge in [0.05, 0.1) is 44.8 Å². The van der Waals surface area contributed by atoms with Crippen LogP contribution in [0.4, 0.5) is 17.1 Å². The number of esters is 4. The summed E-state index contributed by atoms with van der Waals surface area (Å²) in [5.41, 5.74) is 7.22. The van der Waals surface area contributed by atoms with E-state index in [0.717, 1.165) is 9.80 Å². The number of carboxylic acids is 2. The Morgan fingerprint density at radius 3 is 1.13 bits per heavy atom. The number of carbonyl (C=O) groups excluding carboxylic acids is 9. The van der Waals surface area contributed by atoms with E-state index < -0.39 is 59.4 Å². The molecule has 7 aromatic carbocycles. The molecular formula is C52H37N3O16. The maximum Gasteiger partial charge on any atom is 0.346 e. The Morgan fingerprint density at radius 1 is 0.451 bits per heavy atom. The summed E-state index contributed by atoms with van der Waals surface area (Å²) in [6, 6.07) is 28.7. The molecule has 71 heavy (non-hydrogen) atoms. The molecule has 4 amide bonds. The Hall–Kier alpha value is -10.2. The molecule has 7 aromatic rings. The van der Waals surface area contributed by atoms with Crippen LogP contribution in [0.1, 0.15) is 126 Å². The average molecular weight is 960 g/mol. The van der Waals surface area contributed by atoms with Gasteiger partial charge in [-0.05, 0) is 97.1 Å². The average Bonchev–Trinajstić information content (AvgIpc) is 3.32. The number of hydrogen-bond donors (Lipinski definition) is 3. The number of nitrogens with two attached hydrogens (primary N) is 1. The molecule has 0 atom stereocenters. The van der Waals surface area contributed by atoms with Crippen LogP contribution in [0.25, 0.3) is 21.5 Å². The highest BCUT2D eigenvalue weighted by Crippen LogP contribution is 2.41. The number of cyclic esters (lactones) is 4. The molecule has 4 heterocycles. The van der Waals surface area contributed by atoms with Crippen molar-refractivity contribution in [2.24, 2.45) is 0 Å². The Morgan fingerprint density at radius 2 is 0.775 bits per heavy atom. The topological polar surface area (TPSA) is 288 Å². The molecule has 0 radical (unpaired) electrons. The lowest BCUT2D eigenvalue weighted by molar-refractivity contribution is -0.120. The van der Waals surface area contributed by atoms with Gasteiger partial charge < -0.3 is 30.2 Å². The van der Waals surface area contributed by atoms with Crippen LogP contribution < -0.4 is 20.3 Å². The SMILES string of the molecule is C.C.C.Nc1cccc(C(=O)O)c1.O=C1OC(=O)c2ccc3c4c(ccc1c24)C(=O)OC3=O.O=COc1cccc(N2C(=O)c3ccc4c5c(ccc(c35)C2=O)C(=O)N(c2cccc(C(=O)O)c2)C4=O)c1. The van der Waals surface area contributed by atoms with Gasteiger partial charge in [0.2, 0.25) is 0 Å². The molecular weight excluding hydrogens is 923 g/mol. The summed E-state index contributed by atoms with van der Waals surface area (Å²) >= 11 is 0. The monoisotopic (exact) mass is 959 g/mol. The van der Waals surface area contributed by atoms with E-state index in [2.05, 4.69) is 9.47 Å². The zero-order valence-corrected chi connectivity index (χ0v) is 34.2. The summed E-state index contributed by atoms with van der Waals surface area (Å²) < 4.78 is 14.1. The number of ether oxygens (including phenoxy) is 3. The molecule has 0 unspecified atom stereocenters. The zero-order valence-electron chi connectivity index (χ0n) is 34.2. The molecule has 19 heteroatoms. The summed E-state index contributed by atoms with van der Waals surface area (Å²) in [5.74, 6) is -7.98. The summed E-state index contributed by atoms with van der Waals surface area (Å²) in [6.45, 7) is 0.228. The molecule has 4 N–H and O–H groups in total. The highest BCUT2D eigenvalue weighted by Gasteiger charge is 2.41. The van der Waals surface area contributed by atoms with Gasteiger partial charge in [0.25, 0.3) is 30.1 Å². The number of imide groups is 2. The zero-order chi connectivity index (χ0) is 48.3. The lowest BCUT2D eigenvalue weighted by Gasteiger charge is -2.32. The minimum Gasteiger partial charge on any atom is -0.478 e. The van der Waals surface area contributed by atoms with Crippen molar-refractivity contribution in [3.63, 3.8) is 0 Å². The largest absolute Gasteiger partial charge is 0.478 e. The van der Waals surface area contributed by atoms with Gasteiger partial charge in [0, 0.05) is 55.6 Å². The molecule has 0 saturated carbocycles. The van der Waals surface area contributed by atoms with Crippen LogP contribution in [0.2, 0.25) is 0 Å². The highest BCUT2D eigenvalue weighted by atomic mass is 16.6. The molecule has 0 aliphatic carbocycles. The quantitative estimate of drug-likeness (QED) is 0.0467. The van der Waals surface area contributed by atoms with Crippen molar-refractivity contribution < 1.29 is 77.2 Å². The van der Waals surface area contributed by atoms with Gasteiger partial charge in [-0.25, -0.2) is 38.6 Å². The number of carboxylic acid groups (broad SMARTS) is 2. The maximum atomic E-state index is 13.5. The Labute approximate surface area is 401 Å². The van der Waals surface area contributed by atoms with Gasteiger partial charge in [0.15, 0.2) is 0 Å². The summed E-state index contributed by atoms with van der Waals surface area (Å²) in [7, 11) is 0. The molecule has 11 rings (SSSR count). The van der Waals surface area contributed by atoms with Crippen molar-refractivity contribution in [2.75, 3.05) is 15.5 Å². The van der Waals surface area contributed by atoms with Crippen LogP contribution >= 0.6 is 0 Å². The number of benzene rings is 7. The number of anilines is 3. The Balaban J connectivity index is 0.000000208. The van der Waals surface area contributed by atoms with Crippen molar-refractivity contribution in [1.29, 1.82) is 0 Å². The van der Waals surface area contributed by atoms with Crippen molar-refractivity contribution in [1.82, 2.24) is 0 Å². The van der Waals surface area contributed by atoms with Crippen LogP contribution in [-0.2, 0) is 14.3 Å². The van der Waals surface area contributed by atoms with E-state index in [1.807, 2.05) is 0 Å². The number of nitrogen functional groups attached to an aromatic ring is 1. The van der Waals surface area contributed by atoms with Gasteiger partial charge in [-0.3, -0.25) is 24.0 Å². The fraction of sp³-hybridized carbons (Fsp3) is 0.0577. The predicted octanol–water partition coefficient (Wildman–Crippen LogP) is 8.01. The standard InChI is InChI=1S/C28H14N2O8.C14H4O6.C7H7NO2.3CH4/c31-13-38-17-6-2-5-16(12-17)30-26(34)20-9-7-18-22-19(8-10-21(23(20)22)27(30)35)25(33)29(24(18)32)15-4-1-3-14(11-15)28(36)37;15-11-5-1-2-6-10-8(14(18)20-12(6)16)4-3-7(9(5)10)13(17)19-11;8-6-3-1-2-5(4-6)7(9)10;;;/h1-13H,(H,36,37);1-4H;1-4H,8H2,(H,9,10);3*1H4. The number of rotatable bonds is 6. The number of amides is 4. The summed E-state index contributed by atoms with van der Waals surface area (Å²) in [5, 5.41) is 18.7. The van der Waals surface area contributed by atoms with Crippen molar-refractivity contribution >= 4 is 105 Å². The van der Waals surface area contributed by atoms with E-state index in [0.29, 0.717) is 5.69 Å². The molecule has 0 saturated heterocycles. The van der Waals surface area contributed by atoms with Gasteiger partial charge in [0.1, 0.15) is 5.75 Å². The number of hydrogen-bond acceptors (Lipinski definition) is 15. The predicted molar refractivity (Wildman–Crippen MR) is 254 cm³/mol. The number of aromatic carboxylic acids is 2. The van der Waals surface area contributed by atoms with Crippen LogP contribution in [0, 0.1) is 0 Å². The second-order valence-electron chi connectivity index (χ2n) is 14.9. The highest BCUT2D eigenvalue weighted by molar-refractivity contribution is 6.42. The number of nitrogens with zero attached hydrogens (tertiary/aromatic N) is 2. The maximum absolute atomic E-state index is 13.5. The molecule has 19 nitrogen and oxygen atoms in total. The molecule has 0 aromatic heterocycles. The lowest BCUT2D eigenvalue weighted by atomic mass is 9.85. The first-order chi connectivity index (χ1) is 32.6. The van der Waals surface area contributed by atoms with Crippen molar-refractivity contribution in [2.45, 2.75) is 22.3 Å². The first-order valence-corrected chi connectivity index (χ1v) is 19.7. The first kappa shape index (κ1) is 50.2. The Kier molecular flexibility index (Phi) is 13.6. The third-order valence-corrected chi connectivity index (χ3v) is 11.1. The van der Waals surface area contributed by atoms with E-state index in [9.17, 15) is 57.8 Å². The summed E-state index contributed by atoms with van der Waals surface area (Å²) in [4.78, 5) is 135. The van der Waals surface area contributed by atoms with E-state index in [4.69, 9.17) is 15.6 Å². The van der Waals surface area contributed by atoms with E-state index >= 15 is 0 Å². The smallest absolute Gasteiger partial charge is 0.346 e. The van der Waals surface area contributed by atoms with Crippen molar-refractivity contribution in [3.05, 3.63) is 177 Å². The molecule has 4 aliphatic rings. The molecule has 4 aliphatic heterocycles. The molecule has 0 spiro atoms. The molecule has 356 valence electrons. The summed E-state index contributed by atoms with van der Waals surface area (Å²) in [6.07, 6.45) is 0. The normalized spacial score (nSPS) is 13.5. The third kappa shape index (κ3) is 8.35. The number of carbonyl (C=O) groups is 11. The third-order valence-electron chi connectivity index (χ3n) is 11.1. The second kappa shape index (κ2) is 19.2. The van der Waals surface area contributed by atoms with E-state index in [1.165, 1.54) is 109 Å². The minimum absolute atomic E-state index is 0. The molecule has 0 bridgehead atoms. The second-order valence-corrected chi connectivity index (χ2v) is 14.9. The van der Waals surface area contributed by atoms with Gasteiger partial charge in [-0.15, -0.1) is 0 Å². The van der Waals surface area contributed by atoms with Gasteiger partial charge in [-0.1, -0.05) is 40.5 Å². The van der Waals surface area contributed by atoms with Gasteiger partial charge in [-0.2, -0.15) is 0 Å². The van der Waals surface area contributed by atoms with E-state index in [1.54, 1.807) is 12.1 Å². The van der Waals surface area contributed by atoms with Crippen molar-refractivity contribution in [3.8, 4) is 5.75 Å². The van der Waals surface area contributed by atoms with Crippen LogP contribution in [0.5, 0.6) is 5.75 Å². The first-order valence-electron chi connectivity index (χ1n) is 19.7. The van der Waals surface area contributed by atoms with E-state index in [-0.39, 0.29) is 123 Å². The fourth-order valence-electron chi connectivity index (χ4n) is 8.11. The van der Waals surface area contributed by atoms with Gasteiger partial charge >= 0.3 is 35.8 Å². The minimum atomic E-state index is -1.22. The fourth-order valence-corrected chi connectivity index (χ4v) is 8.11. The Bertz CT molecular complexity index is 3350.